The van der Waals surface area contributed by atoms with Crippen LogP contribution in [0.1, 0.15) is 78.6 Å². The Morgan fingerprint density at radius 1 is 0.833 bits per heavy atom. The molecule has 0 atom stereocenters. The summed E-state index contributed by atoms with van der Waals surface area (Å²) in [5.74, 6) is 0.765. The van der Waals surface area contributed by atoms with Gasteiger partial charge in [0.1, 0.15) is 0 Å². The predicted octanol–water partition coefficient (Wildman–Crippen LogP) is 5.32. The second-order valence-corrected chi connectivity index (χ2v) is 5.77. The highest BCUT2D eigenvalue weighted by molar-refractivity contribution is 4.82. The molecule has 0 saturated carbocycles. The van der Waals surface area contributed by atoms with Gasteiger partial charge in [0.25, 0.3) is 0 Å². The summed E-state index contributed by atoms with van der Waals surface area (Å²) in [7, 11) is 0. The highest BCUT2D eigenvalue weighted by atomic mass is 14.8. The van der Waals surface area contributed by atoms with Gasteiger partial charge in [0.15, 0.2) is 0 Å². The summed E-state index contributed by atoms with van der Waals surface area (Å²) in [6.07, 6.45) is 17.0. The van der Waals surface area contributed by atoms with Crippen molar-refractivity contribution in [2.75, 3.05) is 13.1 Å². The van der Waals surface area contributed by atoms with Crippen LogP contribution in [0.15, 0.2) is 12.2 Å². The van der Waals surface area contributed by atoms with Gasteiger partial charge >= 0.3 is 0 Å². The zero-order chi connectivity index (χ0) is 13.5. The molecule has 108 valence electrons. The van der Waals surface area contributed by atoms with Crippen molar-refractivity contribution in [1.82, 2.24) is 5.32 Å². The second kappa shape index (κ2) is 14.8. The first kappa shape index (κ1) is 17.7. The van der Waals surface area contributed by atoms with Crippen LogP contribution in [0.3, 0.4) is 0 Å². The lowest BCUT2D eigenvalue weighted by Crippen LogP contribution is -2.20. The first-order valence-electron chi connectivity index (χ1n) is 8.13. The van der Waals surface area contributed by atoms with E-state index in [4.69, 9.17) is 0 Å². The molecule has 0 bridgehead atoms. The quantitative estimate of drug-likeness (QED) is 0.346. The van der Waals surface area contributed by atoms with Gasteiger partial charge in [-0.15, -0.1) is 0 Å². The average Bonchev–Trinajstić information content (AvgIpc) is 2.34. The molecule has 0 radical (unpaired) electrons. The van der Waals surface area contributed by atoms with E-state index < -0.39 is 0 Å². The number of allylic oxidation sites excluding steroid dienone is 1. The van der Waals surface area contributed by atoms with Crippen LogP contribution in [0.4, 0.5) is 0 Å². The van der Waals surface area contributed by atoms with Gasteiger partial charge in [-0.1, -0.05) is 71.4 Å². The van der Waals surface area contributed by atoms with E-state index in [-0.39, 0.29) is 0 Å². The third-order valence-corrected chi connectivity index (χ3v) is 3.18. The van der Waals surface area contributed by atoms with Crippen LogP contribution in [0, 0.1) is 5.92 Å². The molecule has 0 aliphatic heterocycles. The maximum absolute atomic E-state index is 3.46. The summed E-state index contributed by atoms with van der Waals surface area (Å²) in [6.45, 7) is 9.06. The monoisotopic (exact) mass is 253 g/mol. The topological polar surface area (TPSA) is 12.0 Å². The lowest BCUT2D eigenvalue weighted by atomic mass is 10.1. The Labute approximate surface area is 115 Å². The SMILES string of the molecule is CCCCCCCCCC=CCCNCC(C)C. The van der Waals surface area contributed by atoms with E-state index in [1.54, 1.807) is 0 Å². The van der Waals surface area contributed by atoms with Gasteiger partial charge in [-0.05, 0) is 38.3 Å². The largest absolute Gasteiger partial charge is 0.316 e. The molecule has 1 nitrogen and oxygen atoms in total. The fourth-order valence-electron chi connectivity index (χ4n) is 2.03. The molecule has 0 rings (SSSR count). The first-order chi connectivity index (χ1) is 8.77. The van der Waals surface area contributed by atoms with Gasteiger partial charge in [0, 0.05) is 0 Å². The van der Waals surface area contributed by atoms with Gasteiger partial charge in [-0.2, -0.15) is 0 Å². The van der Waals surface area contributed by atoms with E-state index in [1.807, 2.05) is 0 Å². The Bertz CT molecular complexity index is 172. The Kier molecular flexibility index (Phi) is 14.5. The summed E-state index contributed by atoms with van der Waals surface area (Å²) < 4.78 is 0. The van der Waals surface area contributed by atoms with Crippen LogP contribution >= 0.6 is 0 Å². The third kappa shape index (κ3) is 15.7. The van der Waals surface area contributed by atoms with E-state index in [0.29, 0.717) is 0 Å². The van der Waals surface area contributed by atoms with Crippen molar-refractivity contribution in [3.05, 3.63) is 12.2 Å². The minimum Gasteiger partial charge on any atom is -0.316 e. The summed E-state index contributed by atoms with van der Waals surface area (Å²) in [6, 6.07) is 0. The normalized spacial score (nSPS) is 11.8. The highest BCUT2D eigenvalue weighted by Gasteiger charge is 1.91. The molecule has 0 unspecified atom stereocenters. The molecule has 0 saturated heterocycles. The summed E-state index contributed by atoms with van der Waals surface area (Å²) in [5, 5.41) is 3.46. The molecule has 18 heavy (non-hydrogen) atoms. The van der Waals surface area contributed by atoms with E-state index in [0.717, 1.165) is 19.0 Å². The van der Waals surface area contributed by atoms with Crippen LogP contribution in [0.2, 0.25) is 0 Å². The first-order valence-corrected chi connectivity index (χ1v) is 8.13. The molecular weight excluding hydrogens is 218 g/mol. The van der Waals surface area contributed by atoms with E-state index in [9.17, 15) is 0 Å². The van der Waals surface area contributed by atoms with Gasteiger partial charge in [-0.3, -0.25) is 0 Å². The fourth-order valence-corrected chi connectivity index (χ4v) is 2.03. The standard InChI is InChI=1S/C17H35N/c1-4-5-6-7-8-9-10-11-12-13-14-15-18-16-17(2)3/h12-13,17-18H,4-11,14-16H2,1-3H3. The number of hydrogen-bond donors (Lipinski definition) is 1. The molecule has 0 aliphatic carbocycles. The van der Waals surface area contributed by atoms with Crippen molar-refractivity contribution in [1.29, 1.82) is 0 Å². The molecule has 1 N–H and O–H groups in total. The van der Waals surface area contributed by atoms with Gasteiger partial charge < -0.3 is 5.32 Å². The number of rotatable bonds is 13. The zero-order valence-corrected chi connectivity index (χ0v) is 13.0. The smallest absolute Gasteiger partial charge is 0.00142 e. The third-order valence-electron chi connectivity index (χ3n) is 3.18. The molecule has 0 aromatic rings. The maximum Gasteiger partial charge on any atom is -0.00142 e. The zero-order valence-electron chi connectivity index (χ0n) is 13.0. The van der Waals surface area contributed by atoms with Crippen LogP contribution in [-0.2, 0) is 0 Å². The molecule has 0 amide bonds. The Morgan fingerprint density at radius 3 is 2.11 bits per heavy atom. The van der Waals surface area contributed by atoms with Crippen molar-refractivity contribution in [2.24, 2.45) is 5.92 Å². The van der Waals surface area contributed by atoms with Crippen LogP contribution in [0.5, 0.6) is 0 Å². The lowest BCUT2D eigenvalue weighted by Gasteiger charge is -2.04. The minimum absolute atomic E-state index is 0.765. The van der Waals surface area contributed by atoms with E-state index in [1.165, 1.54) is 57.8 Å². The lowest BCUT2D eigenvalue weighted by molar-refractivity contribution is 0.556. The second-order valence-electron chi connectivity index (χ2n) is 5.77. The molecule has 0 aromatic heterocycles. The Hall–Kier alpha value is -0.300. The minimum atomic E-state index is 0.765. The van der Waals surface area contributed by atoms with Crippen LogP contribution in [0.25, 0.3) is 0 Å². The van der Waals surface area contributed by atoms with Crippen molar-refractivity contribution >= 4 is 0 Å². The van der Waals surface area contributed by atoms with Crippen LogP contribution < -0.4 is 5.32 Å². The van der Waals surface area contributed by atoms with Crippen molar-refractivity contribution in [2.45, 2.75) is 78.6 Å². The molecule has 0 fully saturated rings. The fraction of sp³-hybridized carbons (Fsp3) is 0.882. The molecule has 0 aromatic carbocycles. The molecule has 0 spiro atoms. The number of hydrogen-bond acceptors (Lipinski definition) is 1. The highest BCUT2D eigenvalue weighted by Crippen LogP contribution is 2.08. The van der Waals surface area contributed by atoms with Crippen molar-refractivity contribution in [3.8, 4) is 0 Å². The predicted molar refractivity (Wildman–Crippen MR) is 84.1 cm³/mol. The van der Waals surface area contributed by atoms with Gasteiger partial charge in [0.2, 0.25) is 0 Å². The van der Waals surface area contributed by atoms with E-state index >= 15 is 0 Å². The number of nitrogens with one attached hydrogen (secondary N) is 1. The Balaban J connectivity index is 3.04. The van der Waals surface area contributed by atoms with Crippen LogP contribution in [-0.4, -0.2) is 13.1 Å². The maximum atomic E-state index is 3.46. The Morgan fingerprint density at radius 2 is 1.44 bits per heavy atom. The van der Waals surface area contributed by atoms with Gasteiger partial charge in [0.05, 0.1) is 0 Å². The van der Waals surface area contributed by atoms with Crippen molar-refractivity contribution < 1.29 is 0 Å². The summed E-state index contributed by atoms with van der Waals surface area (Å²) in [4.78, 5) is 0. The molecule has 1 heteroatoms. The summed E-state index contributed by atoms with van der Waals surface area (Å²) in [5.41, 5.74) is 0. The van der Waals surface area contributed by atoms with E-state index in [2.05, 4.69) is 38.2 Å². The molecular formula is C17H35N. The average molecular weight is 253 g/mol. The number of unbranched alkanes of at least 4 members (excludes halogenated alkanes) is 7. The summed E-state index contributed by atoms with van der Waals surface area (Å²) >= 11 is 0. The van der Waals surface area contributed by atoms with Crippen molar-refractivity contribution in [3.63, 3.8) is 0 Å². The molecule has 0 aliphatic rings. The molecule has 0 heterocycles. The van der Waals surface area contributed by atoms with Gasteiger partial charge in [-0.25, -0.2) is 0 Å².